The van der Waals surface area contributed by atoms with Gasteiger partial charge in [0.05, 0.1) is 5.56 Å². The van der Waals surface area contributed by atoms with Crippen molar-refractivity contribution in [3.63, 3.8) is 0 Å². The fourth-order valence-corrected chi connectivity index (χ4v) is 3.60. The molecular weight excluding hydrogens is 304 g/mol. The maximum absolute atomic E-state index is 12.6. The number of amides is 1. The minimum absolute atomic E-state index is 0.159. The molecule has 2 aliphatic heterocycles. The number of carbonyl (C=O) groups excluding carboxylic acids is 1. The van der Waals surface area contributed by atoms with Crippen LogP contribution in [0.4, 0.5) is 0 Å². The zero-order valence-electron chi connectivity index (χ0n) is 11.2. The molecule has 0 aromatic heterocycles. The Morgan fingerprint density at radius 2 is 2.26 bits per heavy atom. The van der Waals surface area contributed by atoms with Crippen LogP contribution < -0.4 is 5.32 Å². The van der Waals surface area contributed by atoms with Crippen molar-refractivity contribution in [2.75, 3.05) is 19.6 Å². The monoisotopic (exact) mass is 322 g/mol. The fourth-order valence-electron chi connectivity index (χ4n) is 3.19. The lowest BCUT2D eigenvalue weighted by Crippen LogP contribution is -2.41. The molecule has 0 saturated carbocycles. The first-order valence-electron chi connectivity index (χ1n) is 6.94. The van der Waals surface area contributed by atoms with Crippen LogP contribution in [0.25, 0.3) is 0 Å². The van der Waals surface area contributed by atoms with E-state index in [0.717, 1.165) is 35.2 Å². The summed E-state index contributed by atoms with van der Waals surface area (Å²) >= 11 is 3.49. The van der Waals surface area contributed by atoms with Gasteiger partial charge in [-0.2, -0.15) is 0 Å². The summed E-state index contributed by atoms with van der Waals surface area (Å²) in [4.78, 5) is 14.6. The second-order valence-electron chi connectivity index (χ2n) is 5.66. The van der Waals surface area contributed by atoms with Gasteiger partial charge in [0.2, 0.25) is 0 Å². The Balaban J connectivity index is 1.79. The van der Waals surface area contributed by atoms with Crippen LogP contribution in [0.1, 0.15) is 28.8 Å². The first kappa shape index (κ1) is 13.1. The number of nitrogens with one attached hydrogen (secondary N) is 1. The molecule has 0 aliphatic carbocycles. The molecule has 3 rings (SSSR count). The third-order valence-corrected chi connectivity index (χ3v) is 4.93. The highest BCUT2D eigenvalue weighted by atomic mass is 79.9. The van der Waals surface area contributed by atoms with Gasteiger partial charge in [0, 0.05) is 23.6 Å². The van der Waals surface area contributed by atoms with E-state index >= 15 is 0 Å². The smallest absolute Gasteiger partial charge is 0.255 e. The van der Waals surface area contributed by atoms with Crippen LogP contribution in [0.15, 0.2) is 22.7 Å². The molecule has 0 spiro atoms. The van der Waals surface area contributed by atoms with Crippen LogP contribution in [0.2, 0.25) is 0 Å². The molecule has 102 valence electrons. The number of hydrogen-bond acceptors (Lipinski definition) is 2. The maximum Gasteiger partial charge on any atom is 0.255 e. The number of fused-ring (bicyclic) bond motifs is 1. The Bertz CT molecular complexity index is 489. The average Bonchev–Trinajstić information content (AvgIpc) is 2.84. The molecule has 3 nitrogen and oxygen atoms in total. The number of nitrogens with zero attached hydrogens (tertiary/aromatic N) is 1. The number of benzene rings is 1. The van der Waals surface area contributed by atoms with Gasteiger partial charge in [0.25, 0.3) is 5.91 Å². The summed E-state index contributed by atoms with van der Waals surface area (Å²) < 4.78 is 0.894. The normalized spacial score (nSPS) is 26.3. The number of aryl methyl sites for hydroxylation is 1. The van der Waals surface area contributed by atoms with Gasteiger partial charge >= 0.3 is 0 Å². The molecule has 4 heteroatoms. The van der Waals surface area contributed by atoms with Gasteiger partial charge in [-0.15, -0.1) is 0 Å². The van der Waals surface area contributed by atoms with Crippen LogP contribution in [-0.2, 0) is 0 Å². The SMILES string of the molecule is Cc1ccc(Br)c(C(=O)N2C[C@@H]3CCCN[C@@H]3C2)c1. The van der Waals surface area contributed by atoms with Crippen LogP contribution in [-0.4, -0.2) is 36.5 Å². The summed E-state index contributed by atoms with van der Waals surface area (Å²) in [7, 11) is 0. The molecule has 2 fully saturated rings. The molecule has 0 radical (unpaired) electrons. The summed E-state index contributed by atoms with van der Waals surface area (Å²) in [6.45, 7) is 4.87. The second kappa shape index (κ2) is 5.25. The summed E-state index contributed by atoms with van der Waals surface area (Å²) in [5, 5.41) is 3.54. The Kier molecular flexibility index (Phi) is 3.63. The molecule has 1 aromatic carbocycles. The number of rotatable bonds is 1. The Labute approximate surface area is 122 Å². The standard InChI is InChI=1S/C15H19BrN2O/c1-10-4-5-13(16)12(7-10)15(19)18-8-11-3-2-6-17-14(11)9-18/h4-5,7,11,14,17H,2-3,6,8-9H2,1H3/t11-,14+/m0/s1. The van der Waals surface area contributed by atoms with Gasteiger partial charge in [-0.05, 0) is 60.3 Å². The van der Waals surface area contributed by atoms with Crippen LogP contribution in [0.5, 0.6) is 0 Å². The Morgan fingerprint density at radius 1 is 1.42 bits per heavy atom. The van der Waals surface area contributed by atoms with Crippen molar-refractivity contribution in [1.29, 1.82) is 0 Å². The maximum atomic E-state index is 12.6. The van der Waals surface area contributed by atoms with E-state index in [1.54, 1.807) is 0 Å². The number of piperidine rings is 1. The molecule has 2 saturated heterocycles. The average molecular weight is 323 g/mol. The minimum Gasteiger partial charge on any atom is -0.337 e. The van der Waals surface area contributed by atoms with Crippen molar-refractivity contribution in [2.24, 2.45) is 5.92 Å². The molecule has 1 N–H and O–H groups in total. The molecule has 19 heavy (non-hydrogen) atoms. The molecule has 1 aromatic rings. The van der Waals surface area contributed by atoms with Crippen molar-refractivity contribution in [3.05, 3.63) is 33.8 Å². The van der Waals surface area contributed by atoms with Crippen LogP contribution in [0.3, 0.4) is 0 Å². The van der Waals surface area contributed by atoms with Crippen molar-refractivity contribution in [3.8, 4) is 0 Å². The third-order valence-electron chi connectivity index (χ3n) is 4.24. The van der Waals surface area contributed by atoms with Gasteiger partial charge in [-0.1, -0.05) is 11.6 Å². The molecule has 0 unspecified atom stereocenters. The Hall–Kier alpha value is -0.870. The quantitative estimate of drug-likeness (QED) is 0.862. The van der Waals surface area contributed by atoms with Crippen molar-refractivity contribution >= 4 is 21.8 Å². The summed E-state index contributed by atoms with van der Waals surface area (Å²) in [5.41, 5.74) is 1.92. The van der Waals surface area contributed by atoms with Gasteiger partial charge < -0.3 is 10.2 Å². The summed E-state index contributed by atoms with van der Waals surface area (Å²) in [6.07, 6.45) is 2.48. The largest absolute Gasteiger partial charge is 0.337 e. The minimum atomic E-state index is 0.159. The van der Waals surface area contributed by atoms with Crippen LogP contribution in [0, 0.1) is 12.8 Å². The van der Waals surface area contributed by atoms with E-state index in [4.69, 9.17) is 0 Å². The van der Waals surface area contributed by atoms with Gasteiger partial charge in [0.1, 0.15) is 0 Å². The van der Waals surface area contributed by atoms with Gasteiger partial charge in [0.15, 0.2) is 0 Å². The predicted molar refractivity (Wildman–Crippen MR) is 79.3 cm³/mol. The van der Waals surface area contributed by atoms with E-state index in [9.17, 15) is 4.79 Å². The molecule has 2 heterocycles. The lowest BCUT2D eigenvalue weighted by molar-refractivity contribution is 0.0784. The number of hydrogen-bond donors (Lipinski definition) is 1. The lowest BCUT2D eigenvalue weighted by Gasteiger charge is -2.24. The molecule has 0 bridgehead atoms. The van der Waals surface area contributed by atoms with E-state index < -0.39 is 0 Å². The predicted octanol–water partition coefficient (Wildman–Crippen LogP) is 2.58. The van der Waals surface area contributed by atoms with Gasteiger partial charge in [-0.3, -0.25) is 4.79 Å². The first-order valence-corrected chi connectivity index (χ1v) is 7.73. The van der Waals surface area contributed by atoms with Crippen LogP contribution >= 0.6 is 15.9 Å². The molecule has 2 atom stereocenters. The van der Waals surface area contributed by atoms with E-state index in [0.29, 0.717) is 12.0 Å². The first-order chi connectivity index (χ1) is 9.15. The highest BCUT2D eigenvalue weighted by molar-refractivity contribution is 9.10. The van der Waals surface area contributed by atoms with E-state index in [-0.39, 0.29) is 5.91 Å². The van der Waals surface area contributed by atoms with Crippen molar-refractivity contribution < 1.29 is 4.79 Å². The second-order valence-corrected chi connectivity index (χ2v) is 6.51. The van der Waals surface area contributed by atoms with Crippen molar-refractivity contribution in [2.45, 2.75) is 25.8 Å². The molecule has 2 aliphatic rings. The highest BCUT2D eigenvalue weighted by Gasteiger charge is 2.36. The number of likely N-dealkylation sites (tertiary alicyclic amines) is 1. The number of carbonyl (C=O) groups is 1. The summed E-state index contributed by atoms with van der Waals surface area (Å²) in [6, 6.07) is 6.46. The highest BCUT2D eigenvalue weighted by Crippen LogP contribution is 2.28. The van der Waals surface area contributed by atoms with Gasteiger partial charge in [-0.25, -0.2) is 0 Å². The van der Waals surface area contributed by atoms with E-state index in [1.165, 1.54) is 12.8 Å². The van der Waals surface area contributed by atoms with Crippen molar-refractivity contribution in [1.82, 2.24) is 10.2 Å². The topological polar surface area (TPSA) is 32.3 Å². The molecular formula is C15H19BrN2O. The zero-order valence-corrected chi connectivity index (χ0v) is 12.7. The fraction of sp³-hybridized carbons (Fsp3) is 0.533. The summed E-state index contributed by atoms with van der Waals surface area (Å²) in [5.74, 6) is 0.799. The zero-order chi connectivity index (χ0) is 13.4. The number of halogens is 1. The lowest BCUT2D eigenvalue weighted by atomic mass is 9.94. The third kappa shape index (κ3) is 2.56. The molecule has 1 amide bonds. The van der Waals surface area contributed by atoms with E-state index in [2.05, 4.69) is 21.2 Å². The Morgan fingerprint density at radius 3 is 3.05 bits per heavy atom. The van der Waals surface area contributed by atoms with E-state index in [1.807, 2.05) is 30.0 Å².